The highest BCUT2D eigenvalue weighted by Gasteiger charge is 2.44. The third-order valence-corrected chi connectivity index (χ3v) is 6.57. The molecule has 0 saturated carbocycles. The Morgan fingerprint density at radius 3 is 2.85 bits per heavy atom. The van der Waals surface area contributed by atoms with E-state index in [4.69, 9.17) is 14.5 Å². The van der Waals surface area contributed by atoms with Crippen LogP contribution < -0.4 is 9.47 Å². The van der Waals surface area contributed by atoms with E-state index in [1.54, 1.807) is 7.11 Å². The maximum atomic E-state index is 5.83. The van der Waals surface area contributed by atoms with E-state index < -0.39 is 0 Å². The molecule has 5 nitrogen and oxygen atoms in total. The zero-order chi connectivity index (χ0) is 19.0. The van der Waals surface area contributed by atoms with Crippen LogP contribution in [0.4, 0.5) is 0 Å². The number of aromatic nitrogens is 1. The maximum Gasteiger partial charge on any atom is 0.161 e. The van der Waals surface area contributed by atoms with Crippen molar-refractivity contribution in [3.8, 4) is 11.5 Å². The number of pyridine rings is 1. The highest BCUT2D eigenvalue weighted by Crippen LogP contribution is 2.50. The first-order valence-electron chi connectivity index (χ1n) is 9.04. The lowest BCUT2D eigenvalue weighted by molar-refractivity contribution is 0.301. The summed E-state index contributed by atoms with van der Waals surface area (Å²) in [7, 11) is 1.66. The van der Waals surface area contributed by atoms with E-state index in [1.165, 1.54) is 0 Å². The van der Waals surface area contributed by atoms with E-state index in [2.05, 4.69) is 44.9 Å². The smallest absolute Gasteiger partial charge is 0.161 e. The van der Waals surface area contributed by atoms with Crippen LogP contribution in [-0.2, 0) is 0 Å². The molecule has 0 N–H and O–H groups in total. The molecule has 0 aliphatic carbocycles. The van der Waals surface area contributed by atoms with Crippen LogP contribution in [0.1, 0.15) is 37.2 Å². The number of halogens is 1. The molecule has 0 radical (unpaired) electrons. The number of hydrogen-bond acceptors (Lipinski definition) is 6. The molecule has 7 heteroatoms. The van der Waals surface area contributed by atoms with Gasteiger partial charge in [-0.3, -0.25) is 9.98 Å². The van der Waals surface area contributed by atoms with Crippen molar-refractivity contribution in [2.75, 3.05) is 20.3 Å². The summed E-state index contributed by atoms with van der Waals surface area (Å²) >= 11 is 5.59. The summed E-state index contributed by atoms with van der Waals surface area (Å²) in [6.45, 7) is 5.78. The van der Waals surface area contributed by atoms with Crippen molar-refractivity contribution in [1.29, 1.82) is 0 Å². The van der Waals surface area contributed by atoms with Crippen LogP contribution in [0.25, 0.3) is 0 Å². The molecule has 1 saturated heterocycles. The maximum absolute atomic E-state index is 5.83. The molecule has 2 aliphatic heterocycles. The van der Waals surface area contributed by atoms with Crippen LogP contribution in [0, 0.1) is 0 Å². The molecule has 3 atom stereocenters. The zero-order valence-corrected chi connectivity index (χ0v) is 18.0. The number of aliphatic imine (C=N–C) groups is 1. The van der Waals surface area contributed by atoms with E-state index in [9.17, 15) is 0 Å². The summed E-state index contributed by atoms with van der Waals surface area (Å²) in [6.07, 6.45) is 1.83. The van der Waals surface area contributed by atoms with E-state index in [0.29, 0.717) is 11.9 Å². The number of nitrogens with zero attached hydrogens (tertiary/aromatic N) is 3. The fraction of sp³-hybridized carbons (Fsp3) is 0.400. The molecule has 27 heavy (non-hydrogen) atoms. The van der Waals surface area contributed by atoms with Crippen molar-refractivity contribution >= 4 is 32.9 Å². The van der Waals surface area contributed by atoms with Gasteiger partial charge in [0.25, 0.3) is 0 Å². The molecule has 1 aromatic carbocycles. The number of benzene rings is 1. The fourth-order valence-electron chi connectivity index (χ4n) is 3.66. The SMILES string of the molecule is CCOc1cc([C@H]2[C@@H](c3ccccn3)N=C3S[C@@H](C)CN32)c(Br)cc1OC. The lowest BCUT2D eigenvalue weighted by Gasteiger charge is -2.29. The summed E-state index contributed by atoms with van der Waals surface area (Å²) in [6, 6.07) is 10.1. The first-order chi connectivity index (χ1) is 13.1. The van der Waals surface area contributed by atoms with Gasteiger partial charge < -0.3 is 14.4 Å². The molecule has 2 aliphatic rings. The van der Waals surface area contributed by atoms with Crippen LogP contribution in [0.5, 0.6) is 11.5 Å². The van der Waals surface area contributed by atoms with Crippen LogP contribution >= 0.6 is 27.7 Å². The molecular weight excluding hydrogens is 426 g/mol. The largest absolute Gasteiger partial charge is 0.493 e. The first kappa shape index (κ1) is 18.6. The second-order valence-electron chi connectivity index (χ2n) is 6.59. The number of ether oxygens (including phenoxy) is 2. The summed E-state index contributed by atoms with van der Waals surface area (Å²) in [5.74, 6) is 1.48. The Bertz CT molecular complexity index is 862. The van der Waals surface area contributed by atoms with E-state index in [-0.39, 0.29) is 12.1 Å². The van der Waals surface area contributed by atoms with Gasteiger partial charge in [0.15, 0.2) is 16.7 Å². The quantitative estimate of drug-likeness (QED) is 0.655. The van der Waals surface area contributed by atoms with Crippen molar-refractivity contribution in [2.45, 2.75) is 31.2 Å². The van der Waals surface area contributed by atoms with Crippen LogP contribution in [-0.4, -0.2) is 40.6 Å². The van der Waals surface area contributed by atoms with Gasteiger partial charge in [-0.15, -0.1) is 0 Å². The molecular formula is C20H22BrN3O2S. The Morgan fingerprint density at radius 2 is 2.15 bits per heavy atom. The molecule has 1 fully saturated rings. The van der Waals surface area contributed by atoms with E-state index in [0.717, 1.165) is 38.9 Å². The molecule has 0 spiro atoms. The van der Waals surface area contributed by atoms with Crippen molar-refractivity contribution in [3.63, 3.8) is 0 Å². The van der Waals surface area contributed by atoms with Gasteiger partial charge in [0, 0.05) is 22.5 Å². The molecule has 4 rings (SSSR count). The minimum absolute atomic E-state index is 0.0413. The second kappa shape index (κ2) is 7.72. The highest BCUT2D eigenvalue weighted by atomic mass is 79.9. The molecule has 2 aromatic rings. The van der Waals surface area contributed by atoms with Crippen LogP contribution in [0.3, 0.4) is 0 Å². The Balaban J connectivity index is 1.81. The summed E-state index contributed by atoms with van der Waals surface area (Å²) in [5.41, 5.74) is 2.13. The Morgan fingerprint density at radius 1 is 1.30 bits per heavy atom. The standard InChI is InChI=1S/C20H22BrN3O2S/c1-4-26-17-9-13(14(21)10-16(17)25-3)19-18(15-7-5-6-8-22-15)23-20-24(19)11-12(2)27-20/h5-10,12,18-19H,4,11H2,1-3H3/t12-,18+,19-/m0/s1. The third-order valence-electron chi connectivity index (χ3n) is 4.78. The van der Waals surface area contributed by atoms with Gasteiger partial charge in [-0.25, -0.2) is 0 Å². The Kier molecular flexibility index (Phi) is 5.32. The van der Waals surface area contributed by atoms with Crippen molar-refractivity contribution in [3.05, 3.63) is 52.3 Å². The lowest BCUT2D eigenvalue weighted by Crippen LogP contribution is -2.28. The van der Waals surface area contributed by atoms with Crippen molar-refractivity contribution < 1.29 is 9.47 Å². The molecule has 1 aromatic heterocycles. The number of hydrogen-bond donors (Lipinski definition) is 0. The van der Waals surface area contributed by atoms with Crippen molar-refractivity contribution in [2.24, 2.45) is 4.99 Å². The molecule has 3 heterocycles. The number of fused-ring (bicyclic) bond motifs is 1. The first-order valence-corrected chi connectivity index (χ1v) is 10.7. The van der Waals surface area contributed by atoms with Gasteiger partial charge in [-0.05, 0) is 36.8 Å². The number of rotatable bonds is 5. The number of amidine groups is 1. The average Bonchev–Trinajstić information content (AvgIpc) is 3.20. The highest BCUT2D eigenvalue weighted by molar-refractivity contribution is 9.10. The summed E-state index contributed by atoms with van der Waals surface area (Å²) < 4.78 is 12.3. The number of thioether (sulfide) groups is 1. The molecule has 0 amide bonds. The van der Waals surface area contributed by atoms with Gasteiger partial charge in [0.1, 0.15) is 6.04 Å². The monoisotopic (exact) mass is 447 g/mol. The van der Waals surface area contributed by atoms with Gasteiger partial charge in [0.2, 0.25) is 0 Å². The average molecular weight is 448 g/mol. The van der Waals surface area contributed by atoms with Gasteiger partial charge >= 0.3 is 0 Å². The van der Waals surface area contributed by atoms with E-state index in [1.807, 2.05) is 43.1 Å². The zero-order valence-electron chi connectivity index (χ0n) is 15.6. The predicted molar refractivity (Wildman–Crippen MR) is 113 cm³/mol. The minimum atomic E-state index is -0.0413. The van der Waals surface area contributed by atoms with E-state index >= 15 is 0 Å². The third kappa shape index (κ3) is 3.43. The number of methoxy groups -OCH3 is 1. The van der Waals surface area contributed by atoms with Crippen LogP contribution in [0.15, 0.2) is 46.0 Å². The molecule has 142 valence electrons. The Hall–Kier alpha value is -1.73. The lowest BCUT2D eigenvalue weighted by atomic mass is 9.96. The normalized spacial score (nSPS) is 23.9. The Labute approximate surface area is 172 Å². The molecule has 0 bridgehead atoms. The van der Waals surface area contributed by atoms with Crippen molar-refractivity contribution in [1.82, 2.24) is 9.88 Å². The van der Waals surface area contributed by atoms with Gasteiger partial charge in [-0.1, -0.05) is 40.7 Å². The van der Waals surface area contributed by atoms with Gasteiger partial charge in [-0.2, -0.15) is 0 Å². The second-order valence-corrected chi connectivity index (χ2v) is 8.85. The molecule has 0 unspecified atom stereocenters. The topological polar surface area (TPSA) is 47.0 Å². The van der Waals surface area contributed by atoms with Gasteiger partial charge in [0.05, 0.1) is 25.5 Å². The summed E-state index contributed by atoms with van der Waals surface area (Å²) in [4.78, 5) is 12.0. The fourth-order valence-corrected chi connectivity index (χ4v) is 5.31. The predicted octanol–water partition coefficient (Wildman–Crippen LogP) is 4.84. The summed E-state index contributed by atoms with van der Waals surface area (Å²) in [5, 5.41) is 1.63. The minimum Gasteiger partial charge on any atom is -0.493 e. The van der Waals surface area contributed by atoms with Crippen LogP contribution in [0.2, 0.25) is 0 Å².